The summed E-state index contributed by atoms with van der Waals surface area (Å²) in [5, 5.41) is 17.0. The summed E-state index contributed by atoms with van der Waals surface area (Å²) in [5.41, 5.74) is 0.500. The Balaban J connectivity index is 1.24. The molecule has 1 amide bonds. The number of carbonyl (C=O) groups excluding carboxylic acids is 1. The van der Waals surface area contributed by atoms with Crippen molar-refractivity contribution in [3.63, 3.8) is 0 Å². The zero-order chi connectivity index (χ0) is 27.6. The molecule has 0 unspecified atom stereocenters. The van der Waals surface area contributed by atoms with Crippen LogP contribution in [-0.4, -0.2) is 62.9 Å². The van der Waals surface area contributed by atoms with Gasteiger partial charge in [-0.05, 0) is 56.9 Å². The van der Waals surface area contributed by atoms with Gasteiger partial charge in [0.05, 0.1) is 71.6 Å². The highest BCUT2D eigenvalue weighted by Crippen LogP contribution is 2.40. The topological polar surface area (TPSA) is 109 Å². The van der Waals surface area contributed by atoms with Gasteiger partial charge in [-0.2, -0.15) is 23.5 Å². The van der Waals surface area contributed by atoms with Gasteiger partial charge in [-0.25, -0.2) is 9.67 Å². The summed E-state index contributed by atoms with van der Waals surface area (Å²) < 4.78 is 45.2. The van der Waals surface area contributed by atoms with Crippen molar-refractivity contribution in [1.29, 1.82) is 5.26 Å². The number of ether oxygens (including phenoxy) is 1. The van der Waals surface area contributed by atoms with Gasteiger partial charge in [0.2, 0.25) is 0 Å². The molecular formula is C27H28F3N7O2. The van der Waals surface area contributed by atoms with E-state index in [-0.39, 0.29) is 5.56 Å². The SMILES string of the molecule is Cc1c(C(=O)Nc2ccc([C@]3(C#N)CC[C@@H](N4CCOCC4)CC3)nc2)cnn1-c1ccc(C(F)(F)F)nc1. The lowest BCUT2D eigenvalue weighted by Gasteiger charge is -2.41. The van der Waals surface area contributed by atoms with E-state index in [1.807, 2.05) is 0 Å². The van der Waals surface area contributed by atoms with Crippen LogP contribution in [0.3, 0.4) is 0 Å². The number of alkyl halides is 3. The van der Waals surface area contributed by atoms with Crippen LogP contribution in [0.4, 0.5) is 18.9 Å². The number of aromatic nitrogens is 4. The second-order valence-electron chi connectivity index (χ2n) is 9.91. The number of carbonyl (C=O) groups is 1. The Morgan fingerprint density at radius 2 is 1.85 bits per heavy atom. The van der Waals surface area contributed by atoms with Crippen molar-refractivity contribution in [2.75, 3.05) is 31.6 Å². The van der Waals surface area contributed by atoms with E-state index >= 15 is 0 Å². The predicted molar refractivity (Wildman–Crippen MR) is 135 cm³/mol. The number of nitriles is 1. The number of morpholine rings is 1. The van der Waals surface area contributed by atoms with E-state index < -0.39 is 23.2 Å². The number of halogens is 3. The number of rotatable bonds is 5. The molecule has 1 N–H and O–H groups in total. The van der Waals surface area contributed by atoms with Crippen LogP contribution in [0.2, 0.25) is 0 Å². The number of anilines is 1. The number of nitrogens with one attached hydrogen (secondary N) is 1. The van der Waals surface area contributed by atoms with Crippen LogP contribution in [-0.2, 0) is 16.3 Å². The highest BCUT2D eigenvalue weighted by Gasteiger charge is 2.40. The summed E-state index contributed by atoms with van der Waals surface area (Å²) in [6.45, 7) is 5.00. The van der Waals surface area contributed by atoms with Gasteiger partial charge in [-0.3, -0.25) is 14.7 Å². The van der Waals surface area contributed by atoms with Gasteiger partial charge >= 0.3 is 6.18 Å². The van der Waals surface area contributed by atoms with Crippen LogP contribution in [0, 0.1) is 18.3 Å². The van der Waals surface area contributed by atoms with Gasteiger partial charge in [0.15, 0.2) is 0 Å². The third kappa shape index (κ3) is 5.51. The van der Waals surface area contributed by atoms with Crippen molar-refractivity contribution in [1.82, 2.24) is 24.6 Å². The molecule has 0 bridgehead atoms. The molecule has 3 aromatic heterocycles. The van der Waals surface area contributed by atoms with E-state index in [0.717, 1.165) is 64.2 Å². The summed E-state index contributed by atoms with van der Waals surface area (Å²) >= 11 is 0. The number of nitrogens with zero attached hydrogens (tertiary/aromatic N) is 6. The first kappa shape index (κ1) is 26.8. The lowest BCUT2D eigenvalue weighted by molar-refractivity contribution is -0.141. The lowest BCUT2D eigenvalue weighted by Crippen LogP contribution is -2.47. The largest absolute Gasteiger partial charge is 0.433 e. The fourth-order valence-corrected chi connectivity index (χ4v) is 5.35. The standard InChI is InChI=1S/C27H28F3N7O2/c1-18-22(16-34-37(18)21-3-5-24(33-15-21)27(28,29)30)25(38)35-19-2-4-23(32-14-19)26(17-31)8-6-20(7-9-26)36-10-12-39-13-11-36/h2-5,14-16,20H,6-13H2,1H3,(H,35,38)/t20-,26-. The first-order chi connectivity index (χ1) is 18.7. The van der Waals surface area contributed by atoms with Crippen molar-refractivity contribution < 1.29 is 22.7 Å². The van der Waals surface area contributed by atoms with Crippen LogP contribution in [0.25, 0.3) is 5.69 Å². The molecule has 1 aliphatic carbocycles. The zero-order valence-corrected chi connectivity index (χ0v) is 21.4. The minimum Gasteiger partial charge on any atom is -0.379 e. The molecule has 5 rings (SSSR count). The molecule has 0 spiro atoms. The van der Waals surface area contributed by atoms with E-state index in [2.05, 4.69) is 31.4 Å². The van der Waals surface area contributed by atoms with Crippen LogP contribution in [0.1, 0.15) is 53.1 Å². The van der Waals surface area contributed by atoms with Crippen molar-refractivity contribution in [3.05, 3.63) is 65.5 Å². The van der Waals surface area contributed by atoms with E-state index in [9.17, 15) is 23.2 Å². The summed E-state index contributed by atoms with van der Waals surface area (Å²) in [6, 6.07) is 8.60. The third-order valence-electron chi connectivity index (χ3n) is 7.63. The van der Waals surface area contributed by atoms with Gasteiger partial charge in [-0.15, -0.1) is 0 Å². The minimum atomic E-state index is -4.54. The number of pyridine rings is 2. The minimum absolute atomic E-state index is 0.258. The average Bonchev–Trinajstić information content (AvgIpc) is 3.35. The molecule has 39 heavy (non-hydrogen) atoms. The quantitative estimate of drug-likeness (QED) is 0.516. The average molecular weight is 540 g/mol. The molecule has 204 valence electrons. The van der Waals surface area contributed by atoms with E-state index in [4.69, 9.17) is 4.74 Å². The molecule has 0 aromatic carbocycles. The maximum atomic E-state index is 12.9. The molecule has 12 heteroatoms. The smallest absolute Gasteiger partial charge is 0.379 e. The molecule has 0 radical (unpaired) electrons. The monoisotopic (exact) mass is 539 g/mol. The second kappa shape index (κ2) is 10.7. The molecule has 1 saturated carbocycles. The molecule has 9 nitrogen and oxygen atoms in total. The van der Waals surface area contributed by atoms with Crippen LogP contribution >= 0.6 is 0 Å². The van der Waals surface area contributed by atoms with Crippen LogP contribution < -0.4 is 5.32 Å². The number of hydrogen-bond donors (Lipinski definition) is 1. The van der Waals surface area contributed by atoms with Crippen molar-refractivity contribution in [3.8, 4) is 11.8 Å². The normalized spacial score (nSPS) is 22.3. The first-order valence-corrected chi connectivity index (χ1v) is 12.8. The van der Waals surface area contributed by atoms with Gasteiger partial charge < -0.3 is 10.1 Å². The van der Waals surface area contributed by atoms with Crippen molar-refractivity contribution in [2.24, 2.45) is 0 Å². The molecule has 3 aromatic rings. The molecule has 4 heterocycles. The molecule has 1 saturated heterocycles. The van der Waals surface area contributed by atoms with Crippen molar-refractivity contribution in [2.45, 2.75) is 50.2 Å². The van der Waals surface area contributed by atoms with Gasteiger partial charge in [-0.1, -0.05) is 0 Å². The number of amides is 1. The summed E-state index contributed by atoms with van der Waals surface area (Å²) in [6.07, 6.45) is 2.70. The van der Waals surface area contributed by atoms with Gasteiger partial charge in [0.1, 0.15) is 5.69 Å². The molecule has 0 atom stereocenters. The van der Waals surface area contributed by atoms with Crippen molar-refractivity contribution >= 4 is 11.6 Å². The summed E-state index contributed by atoms with van der Waals surface area (Å²) in [5.74, 6) is -0.436. The summed E-state index contributed by atoms with van der Waals surface area (Å²) in [7, 11) is 0. The highest BCUT2D eigenvalue weighted by atomic mass is 19.4. The first-order valence-electron chi connectivity index (χ1n) is 12.8. The Morgan fingerprint density at radius 3 is 2.44 bits per heavy atom. The van der Waals surface area contributed by atoms with Gasteiger partial charge in [0, 0.05) is 19.1 Å². The Kier molecular flexibility index (Phi) is 7.38. The zero-order valence-electron chi connectivity index (χ0n) is 21.4. The van der Waals surface area contributed by atoms with Gasteiger partial charge in [0.25, 0.3) is 5.91 Å². The van der Waals surface area contributed by atoms with E-state index in [0.29, 0.717) is 28.8 Å². The highest BCUT2D eigenvalue weighted by molar-refractivity contribution is 6.04. The lowest BCUT2D eigenvalue weighted by atomic mass is 9.71. The predicted octanol–water partition coefficient (Wildman–Crippen LogP) is 4.28. The second-order valence-corrected chi connectivity index (χ2v) is 9.91. The van der Waals surface area contributed by atoms with Crippen LogP contribution in [0.5, 0.6) is 0 Å². The molecular weight excluding hydrogens is 511 g/mol. The fourth-order valence-electron chi connectivity index (χ4n) is 5.35. The molecule has 2 fully saturated rings. The molecule has 1 aliphatic heterocycles. The maximum Gasteiger partial charge on any atom is 0.433 e. The summed E-state index contributed by atoms with van der Waals surface area (Å²) in [4.78, 5) is 23.4. The maximum absolute atomic E-state index is 12.9. The van der Waals surface area contributed by atoms with Crippen LogP contribution in [0.15, 0.2) is 42.9 Å². The number of hydrogen-bond acceptors (Lipinski definition) is 7. The Labute approximate surface area is 223 Å². The molecule has 2 aliphatic rings. The fraction of sp³-hybridized carbons (Fsp3) is 0.444. The van der Waals surface area contributed by atoms with E-state index in [1.165, 1.54) is 16.9 Å². The Hall–Kier alpha value is -3.82. The Bertz CT molecular complexity index is 1350. The third-order valence-corrected chi connectivity index (χ3v) is 7.63. The Morgan fingerprint density at radius 1 is 1.10 bits per heavy atom. The van der Waals surface area contributed by atoms with E-state index in [1.54, 1.807) is 25.3 Å².